The quantitative estimate of drug-likeness (QED) is 0.850. The summed E-state index contributed by atoms with van der Waals surface area (Å²) in [5.41, 5.74) is 0.742. The molecule has 3 heterocycles. The summed E-state index contributed by atoms with van der Waals surface area (Å²) < 4.78 is 18.6. The van der Waals surface area contributed by atoms with E-state index in [1.54, 1.807) is 12.1 Å². The van der Waals surface area contributed by atoms with Gasteiger partial charge in [0.25, 0.3) is 5.91 Å². The number of carbonyl (C=O) groups excluding carboxylic acids is 1. The SMILES string of the molecule is Cc1nc(COc2ccc(F)cc2)sc1C(=O)N(C)C1CC2CCC(C1)N2. The number of piperidine rings is 1. The summed E-state index contributed by atoms with van der Waals surface area (Å²) in [6.07, 6.45) is 4.48. The van der Waals surface area contributed by atoms with Crippen molar-refractivity contribution in [2.45, 2.75) is 57.3 Å². The average molecular weight is 389 g/mol. The molecule has 2 unspecified atom stereocenters. The van der Waals surface area contributed by atoms with Crippen LogP contribution < -0.4 is 10.1 Å². The van der Waals surface area contributed by atoms with Crippen molar-refractivity contribution in [2.75, 3.05) is 7.05 Å². The van der Waals surface area contributed by atoms with Crippen molar-refractivity contribution < 1.29 is 13.9 Å². The van der Waals surface area contributed by atoms with Gasteiger partial charge in [-0.2, -0.15) is 0 Å². The summed E-state index contributed by atoms with van der Waals surface area (Å²) in [7, 11) is 1.91. The van der Waals surface area contributed by atoms with Crippen molar-refractivity contribution in [2.24, 2.45) is 0 Å². The number of fused-ring (bicyclic) bond motifs is 2. The van der Waals surface area contributed by atoms with Crippen LogP contribution in [0.5, 0.6) is 5.75 Å². The number of aromatic nitrogens is 1. The molecule has 2 aromatic rings. The molecule has 0 saturated carbocycles. The molecule has 5 nitrogen and oxygen atoms in total. The van der Waals surface area contributed by atoms with Crippen LogP contribution in [0.4, 0.5) is 4.39 Å². The molecule has 144 valence electrons. The second-order valence-corrected chi connectivity index (χ2v) is 8.53. The molecule has 0 spiro atoms. The maximum Gasteiger partial charge on any atom is 0.265 e. The number of rotatable bonds is 5. The van der Waals surface area contributed by atoms with Gasteiger partial charge in [0.1, 0.15) is 28.1 Å². The summed E-state index contributed by atoms with van der Waals surface area (Å²) in [5, 5.41) is 4.37. The van der Waals surface area contributed by atoms with Crippen LogP contribution in [0.3, 0.4) is 0 Å². The van der Waals surface area contributed by atoms with Crippen LogP contribution in [-0.2, 0) is 6.61 Å². The highest BCUT2D eigenvalue weighted by Crippen LogP contribution is 2.31. The Morgan fingerprint density at radius 2 is 1.96 bits per heavy atom. The molecule has 1 aromatic heterocycles. The van der Waals surface area contributed by atoms with Crippen molar-refractivity contribution in [1.29, 1.82) is 0 Å². The van der Waals surface area contributed by atoms with Gasteiger partial charge in [0, 0.05) is 25.2 Å². The summed E-state index contributed by atoms with van der Waals surface area (Å²) in [5.74, 6) is 0.332. The number of nitrogens with zero attached hydrogens (tertiary/aromatic N) is 2. The van der Waals surface area contributed by atoms with Gasteiger partial charge in [-0.25, -0.2) is 9.37 Å². The Balaban J connectivity index is 1.41. The smallest absolute Gasteiger partial charge is 0.265 e. The standard InChI is InChI=1S/C20H24FN3O2S/c1-12-19(20(25)24(2)16-9-14-5-6-15(10-16)23-14)27-18(22-12)11-26-17-7-3-13(21)4-8-17/h3-4,7-8,14-16,23H,5-6,9-11H2,1-2H3. The minimum atomic E-state index is -0.297. The molecule has 4 rings (SSSR count). The van der Waals surface area contributed by atoms with E-state index in [-0.39, 0.29) is 24.4 Å². The molecule has 2 saturated heterocycles. The van der Waals surface area contributed by atoms with E-state index in [0.29, 0.717) is 22.7 Å². The Morgan fingerprint density at radius 1 is 1.30 bits per heavy atom. The first kappa shape index (κ1) is 18.4. The normalized spacial score (nSPS) is 24.0. The Kier molecular flexibility index (Phi) is 5.14. The van der Waals surface area contributed by atoms with E-state index in [1.165, 1.54) is 36.3 Å². The van der Waals surface area contributed by atoms with E-state index in [2.05, 4.69) is 10.3 Å². The van der Waals surface area contributed by atoms with Gasteiger partial charge < -0.3 is 15.0 Å². The molecular formula is C20H24FN3O2S. The third kappa shape index (κ3) is 3.99. The fraction of sp³-hybridized carbons (Fsp3) is 0.500. The van der Waals surface area contributed by atoms with Crippen LogP contribution in [-0.4, -0.2) is 41.0 Å². The number of aryl methyl sites for hydroxylation is 1. The van der Waals surface area contributed by atoms with Crippen LogP contribution in [0, 0.1) is 12.7 Å². The number of halogens is 1. The summed E-state index contributed by atoms with van der Waals surface area (Å²) in [6.45, 7) is 2.14. The molecule has 2 atom stereocenters. The average Bonchev–Trinajstić information content (AvgIpc) is 3.21. The van der Waals surface area contributed by atoms with Crippen LogP contribution in [0.2, 0.25) is 0 Å². The Bertz CT molecular complexity index is 811. The Morgan fingerprint density at radius 3 is 2.63 bits per heavy atom. The van der Waals surface area contributed by atoms with E-state index >= 15 is 0 Å². The van der Waals surface area contributed by atoms with Gasteiger partial charge >= 0.3 is 0 Å². The van der Waals surface area contributed by atoms with E-state index in [0.717, 1.165) is 23.5 Å². The molecule has 27 heavy (non-hydrogen) atoms. The number of hydrogen-bond donors (Lipinski definition) is 1. The van der Waals surface area contributed by atoms with E-state index in [4.69, 9.17) is 4.74 Å². The number of hydrogen-bond acceptors (Lipinski definition) is 5. The van der Waals surface area contributed by atoms with E-state index < -0.39 is 0 Å². The van der Waals surface area contributed by atoms with Crippen molar-refractivity contribution in [1.82, 2.24) is 15.2 Å². The second-order valence-electron chi connectivity index (χ2n) is 7.44. The van der Waals surface area contributed by atoms with Gasteiger partial charge in [0.15, 0.2) is 0 Å². The number of benzene rings is 1. The first-order chi connectivity index (χ1) is 13.0. The number of ether oxygens (including phenoxy) is 1. The highest BCUT2D eigenvalue weighted by Gasteiger charge is 2.37. The second kappa shape index (κ2) is 7.56. The Hall–Kier alpha value is -1.99. The lowest BCUT2D eigenvalue weighted by atomic mass is 9.98. The van der Waals surface area contributed by atoms with E-state index in [9.17, 15) is 9.18 Å². The number of thiazole rings is 1. The third-order valence-electron chi connectivity index (χ3n) is 5.53. The zero-order valence-electron chi connectivity index (χ0n) is 15.6. The van der Waals surface area contributed by atoms with Crippen LogP contribution in [0.1, 0.15) is 46.1 Å². The number of amides is 1. The van der Waals surface area contributed by atoms with Gasteiger partial charge in [-0.1, -0.05) is 0 Å². The molecule has 1 amide bonds. The van der Waals surface area contributed by atoms with Gasteiger partial charge in [0.2, 0.25) is 0 Å². The molecular weight excluding hydrogens is 365 g/mol. The molecule has 1 N–H and O–H groups in total. The maximum absolute atomic E-state index is 13.0. The minimum absolute atomic E-state index is 0.0457. The monoisotopic (exact) mass is 389 g/mol. The third-order valence-corrected chi connectivity index (χ3v) is 6.65. The topological polar surface area (TPSA) is 54.5 Å². The van der Waals surface area contributed by atoms with Crippen molar-refractivity contribution in [3.05, 3.63) is 45.7 Å². The van der Waals surface area contributed by atoms with Gasteiger partial charge in [0.05, 0.1) is 5.69 Å². The lowest BCUT2D eigenvalue weighted by molar-refractivity contribution is 0.0685. The largest absolute Gasteiger partial charge is 0.486 e. The van der Waals surface area contributed by atoms with Gasteiger partial charge in [-0.05, 0) is 56.9 Å². The molecule has 7 heteroatoms. The van der Waals surface area contributed by atoms with Crippen molar-refractivity contribution in [3.8, 4) is 5.75 Å². The molecule has 2 aliphatic heterocycles. The predicted octanol–water partition coefficient (Wildman–Crippen LogP) is 3.52. The fourth-order valence-corrected chi connectivity index (χ4v) is 5.02. The predicted molar refractivity (Wildman–Crippen MR) is 103 cm³/mol. The fourth-order valence-electron chi connectivity index (χ4n) is 4.06. The first-order valence-corrected chi connectivity index (χ1v) is 10.2. The van der Waals surface area contributed by atoms with Crippen molar-refractivity contribution >= 4 is 17.2 Å². The summed E-state index contributed by atoms with van der Waals surface area (Å²) in [4.78, 5) is 20.1. The Labute approximate surface area is 162 Å². The first-order valence-electron chi connectivity index (χ1n) is 9.37. The van der Waals surface area contributed by atoms with Crippen LogP contribution in [0.15, 0.2) is 24.3 Å². The molecule has 0 aliphatic carbocycles. The minimum Gasteiger partial charge on any atom is -0.486 e. The lowest BCUT2D eigenvalue weighted by Crippen LogP contribution is -2.48. The van der Waals surface area contributed by atoms with E-state index in [1.807, 2.05) is 18.9 Å². The highest BCUT2D eigenvalue weighted by atomic mass is 32.1. The zero-order valence-corrected chi connectivity index (χ0v) is 16.4. The number of nitrogens with one attached hydrogen (secondary N) is 1. The molecule has 1 aromatic carbocycles. The summed E-state index contributed by atoms with van der Waals surface area (Å²) >= 11 is 1.38. The zero-order chi connectivity index (χ0) is 19.0. The van der Waals surface area contributed by atoms with Gasteiger partial charge in [-0.3, -0.25) is 4.79 Å². The summed E-state index contributed by atoms with van der Waals surface area (Å²) in [6, 6.07) is 7.27. The number of carbonyl (C=O) groups is 1. The maximum atomic E-state index is 13.0. The van der Waals surface area contributed by atoms with Crippen LogP contribution in [0.25, 0.3) is 0 Å². The molecule has 2 bridgehead atoms. The highest BCUT2D eigenvalue weighted by molar-refractivity contribution is 7.13. The van der Waals surface area contributed by atoms with Crippen LogP contribution >= 0.6 is 11.3 Å². The van der Waals surface area contributed by atoms with Gasteiger partial charge in [-0.15, -0.1) is 11.3 Å². The lowest BCUT2D eigenvalue weighted by Gasteiger charge is -2.35. The molecule has 2 fully saturated rings. The van der Waals surface area contributed by atoms with Crippen molar-refractivity contribution in [3.63, 3.8) is 0 Å². The molecule has 0 radical (unpaired) electrons. The molecule has 2 aliphatic rings.